The zero-order valence-corrected chi connectivity index (χ0v) is 6.80. The number of hydrogen-bond donors (Lipinski definition) is 1. The van der Waals surface area contributed by atoms with E-state index < -0.39 is 16.0 Å². The van der Waals surface area contributed by atoms with Crippen LogP contribution in [0.5, 0.6) is 0 Å². The highest BCUT2D eigenvalue weighted by atomic mass is 32.3. The fraction of sp³-hybridized carbons (Fsp3) is 1.00. The van der Waals surface area contributed by atoms with E-state index in [9.17, 15) is 8.42 Å². The SMILES string of the molecule is CC(C)(C)OOS(=O)(=O)O. The van der Waals surface area contributed by atoms with Gasteiger partial charge in [0.15, 0.2) is 0 Å². The predicted octanol–water partition coefficient (Wildman–Crippen LogP) is 0.536. The lowest BCUT2D eigenvalue weighted by Gasteiger charge is -2.14. The second kappa shape index (κ2) is 2.83. The van der Waals surface area contributed by atoms with Gasteiger partial charge in [0.25, 0.3) is 0 Å². The fourth-order valence-corrected chi connectivity index (χ4v) is 0.435. The minimum absolute atomic E-state index is 0.754. The molecule has 5 nitrogen and oxygen atoms in total. The van der Waals surface area contributed by atoms with E-state index in [1.54, 1.807) is 20.8 Å². The average Bonchev–Trinajstić information content (AvgIpc) is 1.57. The van der Waals surface area contributed by atoms with Crippen LogP contribution in [-0.2, 0) is 19.6 Å². The molecule has 0 aliphatic heterocycles. The van der Waals surface area contributed by atoms with Crippen LogP contribution in [0.2, 0.25) is 0 Å². The van der Waals surface area contributed by atoms with Crippen molar-refractivity contribution in [3.05, 3.63) is 0 Å². The largest absolute Gasteiger partial charge is 0.424 e. The van der Waals surface area contributed by atoms with Crippen LogP contribution in [0.1, 0.15) is 20.8 Å². The zero-order chi connectivity index (χ0) is 8.41. The van der Waals surface area contributed by atoms with Gasteiger partial charge < -0.3 is 0 Å². The molecule has 0 bridgehead atoms. The van der Waals surface area contributed by atoms with Crippen molar-refractivity contribution in [2.75, 3.05) is 0 Å². The first kappa shape index (κ1) is 9.83. The second-order valence-corrected chi connectivity index (χ2v) is 3.68. The van der Waals surface area contributed by atoms with Crippen LogP contribution in [0.3, 0.4) is 0 Å². The van der Waals surface area contributed by atoms with Crippen molar-refractivity contribution < 1.29 is 22.2 Å². The molecule has 62 valence electrons. The molecule has 0 unspecified atom stereocenters. The molecule has 6 heteroatoms. The van der Waals surface area contributed by atoms with E-state index in [2.05, 4.69) is 9.22 Å². The maximum atomic E-state index is 9.89. The first-order valence-electron chi connectivity index (χ1n) is 2.55. The Bertz CT molecular complexity index is 186. The molecule has 0 atom stereocenters. The molecule has 0 radical (unpaired) electrons. The third-order valence-electron chi connectivity index (χ3n) is 0.370. The summed E-state index contributed by atoms with van der Waals surface area (Å²) in [4.78, 5) is 4.26. The van der Waals surface area contributed by atoms with Gasteiger partial charge in [0.1, 0.15) is 0 Å². The van der Waals surface area contributed by atoms with Gasteiger partial charge in [-0.2, -0.15) is 8.42 Å². The molecule has 1 N–H and O–H groups in total. The molecule has 0 aliphatic rings. The van der Waals surface area contributed by atoms with E-state index in [1.165, 1.54) is 0 Å². The average molecular weight is 170 g/mol. The molecule has 0 aromatic carbocycles. The summed E-state index contributed by atoms with van der Waals surface area (Å²) >= 11 is 0. The maximum Gasteiger partial charge on any atom is 0.424 e. The molecule has 0 aromatic rings. The first-order valence-corrected chi connectivity index (χ1v) is 3.92. The maximum absolute atomic E-state index is 9.89. The Balaban J connectivity index is 3.79. The molecule has 0 heterocycles. The molecule has 10 heavy (non-hydrogen) atoms. The Labute approximate surface area is 59.8 Å². The summed E-state index contributed by atoms with van der Waals surface area (Å²) in [6, 6.07) is 0. The normalized spacial score (nSPS) is 13.6. The van der Waals surface area contributed by atoms with Crippen LogP contribution in [-0.4, -0.2) is 18.6 Å². The van der Waals surface area contributed by atoms with Gasteiger partial charge in [-0.05, 0) is 20.8 Å². The van der Waals surface area contributed by atoms with Crippen molar-refractivity contribution in [1.82, 2.24) is 0 Å². The molecule has 0 saturated heterocycles. The van der Waals surface area contributed by atoms with Crippen molar-refractivity contribution in [3.63, 3.8) is 0 Å². The van der Waals surface area contributed by atoms with Crippen molar-refractivity contribution in [3.8, 4) is 0 Å². The summed E-state index contributed by atoms with van der Waals surface area (Å²) in [7, 11) is -4.48. The van der Waals surface area contributed by atoms with Crippen LogP contribution in [0.25, 0.3) is 0 Å². The molecule has 0 aliphatic carbocycles. The lowest BCUT2D eigenvalue weighted by Crippen LogP contribution is -2.21. The van der Waals surface area contributed by atoms with Crippen LogP contribution >= 0.6 is 0 Å². The molecule has 0 saturated carbocycles. The quantitative estimate of drug-likeness (QED) is 0.372. The van der Waals surface area contributed by atoms with Gasteiger partial charge in [-0.3, -0.25) is 4.55 Å². The first-order chi connectivity index (χ1) is 4.21. The van der Waals surface area contributed by atoms with Gasteiger partial charge in [-0.25, -0.2) is 4.89 Å². The lowest BCUT2D eigenvalue weighted by molar-refractivity contribution is -0.275. The van der Waals surface area contributed by atoms with E-state index in [1.807, 2.05) is 0 Å². The molecule has 0 aromatic heterocycles. The summed E-state index contributed by atoms with van der Waals surface area (Å²) in [6.45, 7) is 4.74. The van der Waals surface area contributed by atoms with E-state index in [-0.39, 0.29) is 0 Å². The Morgan fingerprint density at radius 2 is 1.70 bits per heavy atom. The van der Waals surface area contributed by atoms with Gasteiger partial charge in [0.05, 0.1) is 5.60 Å². The highest BCUT2D eigenvalue weighted by molar-refractivity contribution is 7.80. The predicted molar refractivity (Wildman–Crippen MR) is 33.5 cm³/mol. The van der Waals surface area contributed by atoms with Gasteiger partial charge in [-0.1, -0.05) is 4.33 Å². The van der Waals surface area contributed by atoms with E-state index in [0.29, 0.717) is 0 Å². The summed E-state index contributed by atoms with van der Waals surface area (Å²) in [5.74, 6) is 0. The van der Waals surface area contributed by atoms with Crippen molar-refractivity contribution in [2.45, 2.75) is 26.4 Å². The molecular formula is C4H10O5S. The Kier molecular flexibility index (Phi) is 2.78. The van der Waals surface area contributed by atoms with Gasteiger partial charge in [0.2, 0.25) is 0 Å². The van der Waals surface area contributed by atoms with Gasteiger partial charge in [-0.15, -0.1) is 0 Å². The van der Waals surface area contributed by atoms with E-state index >= 15 is 0 Å². The summed E-state index contributed by atoms with van der Waals surface area (Å²) in [5, 5.41) is 0. The number of rotatable bonds is 2. The van der Waals surface area contributed by atoms with E-state index in [0.717, 1.165) is 0 Å². The van der Waals surface area contributed by atoms with Gasteiger partial charge in [0, 0.05) is 0 Å². The van der Waals surface area contributed by atoms with Crippen LogP contribution in [0.4, 0.5) is 0 Å². The molecule has 0 spiro atoms. The summed E-state index contributed by atoms with van der Waals surface area (Å²) in [5.41, 5.74) is -0.754. The minimum atomic E-state index is -4.48. The van der Waals surface area contributed by atoms with Gasteiger partial charge >= 0.3 is 10.4 Å². The molecular weight excluding hydrogens is 160 g/mol. The summed E-state index contributed by atoms with van der Waals surface area (Å²) in [6.07, 6.45) is 0. The molecule has 0 rings (SSSR count). The Hall–Kier alpha value is -0.170. The molecule has 0 amide bonds. The zero-order valence-electron chi connectivity index (χ0n) is 5.99. The number of hydrogen-bond acceptors (Lipinski definition) is 4. The molecule has 0 fully saturated rings. The third-order valence-corrected chi connectivity index (χ3v) is 0.610. The Morgan fingerprint density at radius 3 is 1.80 bits per heavy atom. The van der Waals surface area contributed by atoms with Crippen LogP contribution in [0, 0.1) is 0 Å². The monoisotopic (exact) mass is 170 g/mol. The van der Waals surface area contributed by atoms with Crippen molar-refractivity contribution in [2.24, 2.45) is 0 Å². The van der Waals surface area contributed by atoms with E-state index in [4.69, 9.17) is 4.55 Å². The third kappa shape index (κ3) is 7.83. The van der Waals surface area contributed by atoms with Crippen molar-refractivity contribution in [1.29, 1.82) is 0 Å². The lowest BCUT2D eigenvalue weighted by atomic mass is 10.2. The fourth-order valence-electron chi connectivity index (χ4n) is 0.145. The van der Waals surface area contributed by atoms with Crippen molar-refractivity contribution >= 4 is 10.4 Å². The standard InChI is InChI=1S/C4H10O5S/c1-4(2,3)8-9-10(5,6)7/h1-3H3,(H,5,6,7). The minimum Gasteiger partial charge on any atom is -0.262 e. The highest BCUT2D eigenvalue weighted by Gasteiger charge is 2.16. The summed E-state index contributed by atoms with van der Waals surface area (Å²) < 4.78 is 31.4. The highest BCUT2D eigenvalue weighted by Crippen LogP contribution is 2.08. The van der Waals surface area contributed by atoms with Crippen LogP contribution < -0.4 is 0 Å². The topological polar surface area (TPSA) is 72.8 Å². The Morgan fingerprint density at radius 1 is 1.30 bits per heavy atom. The second-order valence-electron chi connectivity index (χ2n) is 2.69. The van der Waals surface area contributed by atoms with Crippen LogP contribution in [0.15, 0.2) is 0 Å². The smallest absolute Gasteiger partial charge is 0.262 e.